The zero-order valence-electron chi connectivity index (χ0n) is 13.5. The number of carbonyl (C=O) groups excluding carboxylic acids is 1. The van der Waals surface area contributed by atoms with E-state index in [2.05, 4.69) is 20.8 Å². The number of hydrogen-bond donors (Lipinski definition) is 0. The second-order valence-corrected chi connectivity index (χ2v) is 6.06. The Hall–Kier alpha value is -0.790. The Morgan fingerprint density at radius 3 is 2.32 bits per heavy atom. The van der Waals surface area contributed by atoms with Crippen LogP contribution in [0.3, 0.4) is 0 Å². The molecule has 0 aromatic carbocycles. The minimum absolute atomic E-state index is 0.204. The molecule has 0 saturated carbocycles. The van der Waals surface area contributed by atoms with Crippen molar-refractivity contribution in [3.63, 3.8) is 0 Å². The molecule has 0 heterocycles. The quantitative estimate of drug-likeness (QED) is 0.405. The number of allylic oxidation sites excluding steroid dienone is 1. The van der Waals surface area contributed by atoms with Crippen molar-refractivity contribution in [3.05, 3.63) is 11.6 Å². The molecular weight excluding hydrogens is 236 g/mol. The molecule has 0 aromatic heterocycles. The number of carbonyl (C=O) groups is 1. The van der Waals surface area contributed by atoms with Gasteiger partial charge >= 0.3 is 5.97 Å². The Bertz CT molecular complexity index is 266. The Kier molecular flexibility index (Phi) is 10.6. The average molecular weight is 268 g/mol. The molecule has 0 N–H and O–H groups in total. The van der Waals surface area contributed by atoms with Crippen LogP contribution in [-0.2, 0) is 9.53 Å². The summed E-state index contributed by atoms with van der Waals surface area (Å²) in [5.41, 5.74) is 1.13. The first-order valence-corrected chi connectivity index (χ1v) is 7.79. The third kappa shape index (κ3) is 12.0. The SMILES string of the molecule is CCOC(=O)/C=C(\C)CCCC(C)CCCC(C)C. The predicted molar refractivity (Wildman–Crippen MR) is 82.1 cm³/mol. The summed E-state index contributed by atoms with van der Waals surface area (Å²) < 4.78 is 4.90. The van der Waals surface area contributed by atoms with Crippen LogP contribution in [0.5, 0.6) is 0 Å². The van der Waals surface area contributed by atoms with Gasteiger partial charge in [0.25, 0.3) is 0 Å². The highest BCUT2D eigenvalue weighted by Gasteiger charge is 2.04. The fraction of sp³-hybridized carbons (Fsp3) is 0.824. The summed E-state index contributed by atoms with van der Waals surface area (Å²) in [6.45, 7) is 11.2. The molecule has 1 atom stereocenters. The molecule has 0 aliphatic heterocycles. The second-order valence-electron chi connectivity index (χ2n) is 6.06. The van der Waals surface area contributed by atoms with Crippen molar-refractivity contribution < 1.29 is 9.53 Å². The lowest BCUT2D eigenvalue weighted by Gasteiger charge is -2.12. The third-order valence-electron chi connectivity index (χ3n) is 3.40. The summed E-state index contributed by atoms with van der Waals surface area (Å²) in [7, 11) is 0. The van der Waals surface area contributed by atoms with Crippen LogP contribution in [0, 0.1) is 11.8 Å². The second kappa shape index (κ2) is 11.1. The van der Waals surface area contributed by atoms with Crippen molar-refractivity contribution >= 4 is 5.97 Å². The first kappa shape index (κ1) is 18.2. The Morgan fingerprint density at radius 2 is 1.74 bits per heavy atom. The van der Waals surface area contributed by atoms with Crippen LogP contribution < -0.4 is 0 Å². The monoisotopic (exact) mass is 268 g/mol. The van der Waals surface area contributed by atoms with Crippen LogP contribution in [-0.4, -0.2) is 12.6 Å². The molecule has 0 amide bonds. The van der Waals surface area contributed by atoms with E-state index < -0.39 is 0 Å². The van der Waals surface area contributed by atoms with E-state index in [9.17, 15) is 4.79 Å². The number of ether oxygens (including phenoxy) is 1. The van der Waals surface area contributed by atoms with Crippen molar-refractivity contribution in [2.24, 2.45) is 11.8 Å². The Labute approximate surface area is 119 Å². The Balaban J connectivity index is 3.68. The van der Waals surface area contributed by atoms with Crippen molar-refractivity contribution in [2.75, 3.05) is 6.61 Å². The lowest BCUT2D eigenvalue weighted by Crippen LogP contribution is -2.01. The molecule has 0 saturated heterocycles. The van der Waals surface area contributed by atoms with Gasteiger partial charge in [0.2, 0.25) is 0 Å². The van der Waals surface area contributed by atoms with Gasteiger partial charge in [-0.3, -0.25) is 0 Å². The molecule has 19 heavy (non-hydrogen) atoms. The van der Waals surface area contributed by atoms with E-state index in [1.54, 1.807) is 6.08 Å². The highest BCUT2D eigenvalue weighted by atomic mass is 16.5. The van der Waals surface area contributed by atoms with E-state index in [4.69, 9.17) is 4.74 Å². The number of hydrogen-bond acceptors (Lipinski definition) is 2. The molecule has 0 aliphatic carbocycles. The van der Waals surface area contributed by atoms with Gasteiger partial charge in [0, 0.05) is 6.08 Å². The maximum atomic E-state index is 11.3. The normalized spacial score (nSPS) is 13.7. The zero-order chi connectivity index (χ0) is 14.7. The molecule has 112 valence electrons. The molecule has 0 rings (SSSR count). The lowest BCUT2D eigenvalue weighted by atomic mass is 9.94. The fourth-order valence-corrected chi connectivity index (χ4v) is 2.21. The summed E-state index contributed by atoms with van der Waals surface area (Å²) in [6, 6.07) is 0. The Morgan fingerprint density at radius 1 is 1.11 bits per heavy atom. The highest BCUT2D eigenvalue weighted by Crippen LogP contribution is 2.19. The molecular formula is C17H32O2. The van der Waals surface area contributed by atoms with Crippen LogP contribution >= 0.6 is 0 Å². The van der Waals surface area contributed by atoms with Gasteiger partial charge in [-0.1, -0.05) is 52.0 Å². The van der Waals surface area contributed by atoms with Gasteiger partial charge in [0.15, 0.2) is 0 Å². The van der Waals surface area contributed by atoms with Crippen LogP contribution in [0.4, 0.5) is 0 Å². The van der Waals surface area contributed by atoms with Gasteiger partial charge in [-0.25, -0.2) is 4.79 Å². The topological polar surface area (TPSA) is 26.3 Å². The van der Waals surface area contributed by atoms with Gasteiger partial charge < -0.3 is 4.74 Å². The van der Waals surface area contributed by atoms with Gasteiger partial charge in [-0.05, 0) is 38.5 Å². The molecule has 1 unspecified atom stereocenters. The maximum absolute atomic E-state index is 11.3. The minimum atomic E-state index is -0.204. The molecule has 2 heteroatoms. The first-order valence-electron chi connectivity index (χ1n) is 7.79. The molecule has 0 fully saturated rings. The molecule has 0 aromatic rings. The summed E-state index contributed by atoms with van der Waals surface area (Å²) in [4.78, 5) is 11.3. The van der Waals surface area contributed by atoms with Gasteiger partial charge in [-0.2, -0.15) is 0 Å². The summed E-state index contributed by atoms with van der Waals surface area (Å²) in [6.07, 6.45) is 9.08. The van der Waals surface area contributed by atoms with E-state index in [1.807, 2.05) is 13.8 Å². The molecule has 2 nitrogen and oxygen atoms in total. The summed E-state index contributed by atoms with van der Waals surface area (Å²) in [5.74, 6) is 1.42. The first-order chi connectivity index (χ1) is 8.95. The number of rotatable bonds is 10. The van der Waals surface area contributed by atoms with Crippen molar-refractivity contribution in [2.45, 2.75) is 73.1 Å². The van der Waals surface area contributed by atoms with Crippen molar-refractivity contribution in [1.82, 2.24) is 0 Å². The van der Waals surface area contributed by atoms with Gasteiger partial charge in [0.1, 0.15) is 0 Å². The van der Waals surface area contributed by atoms with Crippen LogP contribution in [0.2, 0.25) is 0 Å². The minimum Gasteiger partial charge on any atom is -0.463 e. The smallest absolute Gasteiger partial charge is 0.330 e. The number of esters is 1. The molecule has 0 spiro atoms. The van der Waals surface area contributed by atoms with Crippen LogP contribution in [0.15, 0.2) is 11.6 Å². The molecule has 0 radical (unpaired) electrons. The van der Waals surface area contributed by atoms with Crippen molar-refractivity contribution in [3.8, 4) is 0 Å². The summed E-state index contributed by atoms with van der Waals surface area (Å²) in [5, 5.41) is 0. The van der Waals surface area contributed by atoms with E-state index in [-0.39, 0.29) is 5.97 Å². The standard InChI is InChI=1S/C17H32O2/c1-6-19-17(18)13-16(5)12-8-11-15(4)10-7-9-14(2)3/h13-15H,6-12H2,1-5H3/b16-13+. The lowest BCUT2D eigenvalue weighted by molar-refractivity contribution is -0.137. The van der Waals surface area contributed by atoms with Crippen molar-refractivity contribution in [1.29, 1.82) is 0 Å². The average Bonchev–Trinajstić information content (AvgIpc) is 2.28. The maximum Gasteiger partial charge on any atom is 0.330 e. The van der Waals surface area contributed by atoms with Gasteiger partial charge in [-0.15, -0.1) is 0 Å². The van der Waals surface area contributed by atoms with Crippen LogP contribution in [0.25, 0.3) is 0 Å². The van der Waals surface area contributed by atoms with E-state index in [0.717, 1.165) is 23.8 Å². The van der Waals surface area contributed by atoms with Gasteiger partial charge in [0.05, 0.1) is 6.61 Å². The van der Waals surface area contributed by atoms with Crippen LogP contribution in [0.1, 0.15) is 73.1 Å². The van der Waals surface area contributed by atoms with E-state index >= 15 is 0 Å². The summed E-state index contributed by atoms with van der Waals surface area (Å²) >= 11 is 0. The fourth-order valence-electron chi connectivity index (χ4n) is 2.21. The third-order valence-corrected chi connectivity index (χ3v) is 3.40. The van der Waals surface area contributed by atoms with E-state index in [1.165, 1.54) is 32.1 Å². The highest BCUT2D eigenvalue weighted by molar-refractivity contribution is 5.82. The zero-order valence-corrected chi connectivity index (χ0v) is 13.5. The molecule has 0 aliphatic rings. The van der Waals surface area contributed by atoms with E-state index in [0.29, 0.717) is 6.61 Å². The molecule has 0 bridgehead atoms. The largest absolute Gasteiger partial charge is 0.463 e. The predicted octanol–water partition coefficient (Wildman–Crippen LogP) is 5.13.